The van der Waals surface area contributed by atoms with Crippen molar-refractivity contribution >= 4 is 39.2 Å². The molecule has 0 fully saturated rings. The van der Waals surface area contributed by atoms with Crippen molar-refractivity contribution in [2.24, 2.45) is 0 Å². The first kappa shape index (κ1) is 33.2. The predicted octanol–water partition coefficient (Wildman–Crippen LogP) is 5.71. The van der Waals surface area contributed by atoms with Crippen molar-refractivity contribution < 1.29 is 27.3 Å². The average molecular weight is 665 g/mol. The summed E-state index contributed by atoms with van der Waals surface area (Å²) in [7, 11) is -4.16. The number of hydrogen-bond donors (Lipinski definition) is 2. The fourth-order valence-corrected chi connectivity index (χ4v) is 6.11. The Bertz CT molecular complexity index is 1820. The third-order valence-corrected chi connectivity index (χ3v) is 9.07. The molecule has 242 valence electrons. The molecule has 0 bridgehead atoms. The Morgan fingerprint density at radius 3 is 2.72 bits per heavy atom. The molecule has 10 nitrogen and oxygen atoms in total. The largest absolute Gasteiger partial charge is 0.493 e. The number of hydrogen-bond acceptors (Lipinski definition) is 6. The molecule has 3 aromatic carbocycles. The zero-order valence-electron chi connectivity index (χ0n) is 25.6. The van der Waals surface area contributed by atoms with Gasteiger partial charge in [-0.1, -0.05) is 41.9 Å². The zero-order valence-corrected chi connectivity index (χ0v) is 27.2. The van der Waals surface area contributed by atoms with Gasteiger partial charge >= 0.3 is 0 Å². The average Bonchev–Trinajstić information content (AvgIpc) is 3.37. The molecule has 2 amide bonds. The molecule has 1 aromatic heterocycles. The summed E-state index contributed by atoms with van der Waals surface area (Å²) < 4.78 is 38.4. The van der Waals surface area contributed by atoms with Gasteiger partial charge in [0.2, 0.25) is 5.91 Å². The van der Waals surface area contributed by atoms with Gasteiger partial charge in [-0.2, -0.15) is 13.5 Å². The highest BCUT2D eigenvalue weighted by Crippen LogP contribution is 2.35. The van der Waals surface area contributed by atoms with Gasteiger partial charge in [0.1, 0.15) is 5.75 Å². The fourth-order valence-electron chi connectivity index (χ4n) is 5.58. The van der Waals surface area contributed by atoms with Crippen LogP contribution < -0.4 is 15.0 Å². The molecular weight excluding hydrogens is 628 g/mol. The van der Waals surface area contributed by atoms with Crippen molar-refractivity contribution in [3.05, 3.63) is 100 Å². The van der Waals surface area contributed by atoms with Crippen LogP contribution in [0.1, 0.15) is 52.7 Å². The molecular formula is C34H37ClN4O6S. The summed E-state index contributed by atoms with van der Waals surface area (Å²) in [5.74, 6) is -0.175. The number of benzene rings is 3. The summed E-state index contributed by atoms with van der Waals surface area (Å²) in [4.78, 5) is 27.8. The molecule has 0 radical (unpaired) electrons. The first-order chi connectivity index (χ1) is 22.1. The van der Waals surface area contributed by atoms with Crippen LogP contribution in [0.5, 0.6) is 5.75 Å². The van der Waals surface area contributed by atoms with E-state index in [-0.39, 0.29) is 12.5 Å². The summed E-state index contributed by atoms with van der Waals surface area (Å²) in [5.41, 5.74) is 6.15. The van der Waals surface area contributed by atoms with Crippen LogP contribution >= 0.6 is 11.6 Å². The Labute approximate surface area is 274 Å². The van der Waals surface area contributed by atoms with Gasteiger partial charge in [0.25, 0.3) is 16.0 Å². The second-order valence-electron chi connectivity index (χ2n) is 11.3. The van der Waals surface area contributed by atoms with E-state index in [1.54, 1.807) is 22.9 Å². The lowest BCUT2D eigenvalue weighted by molar-refractivity contribution is -0.118. The van der Waals surface area contributed by atoms with Crippen LogP contribution in [-0.2, 0) is 27.9 Å². The molecule has 5 rings (SSSR count). The highest BCUT2D eigenvalue weighted by Gasteiger charge is 2.23. The maximum absolute atomic E-state index is 13.4. The Morgan fingerprint density at radius 1 is 1.09 bits per heavy atom. The number of nitrogens with one attached hydrogen (secondary N) is 1. The van der Waals surface area contributed by atoms with E-state index in [2.05, 4.69) is 16.5 Å². The van der Waals surface area contributed by atoms with E-state index in [0.717, 1.165) is 58.5 Å². The number of amides is 2. The number of anilines is 1. The Kier molecular flexibility index (Phi) is 10.8. The monoisotopic (exact) mass is 664 g/mol. The number of carbonyl (C=O) groups is 2. The van der Waals surface area contributed by atoms with Gasteiger partial charge in [-0.15, -0.1) is 0 Å². The van der Waals surface area contributed by atoms with Crippen LogP contribution in [0.25, 0.3) is 11.1 Å². The lowest BCUT2D eigenvalue weighted by Crippen LogP contribution is -2.31. The molecule has 2 heterocycles. The van der Waals surface area contributed by atoms with Crippen LogP contribution in [0.15, 0.2) is 73.1 Å². The molecule has 0 saturated carbocycles. The molecule has 1 aliphatic rings. The van der Waals surface area contributed by atoms with Crippen molar-refractivity contribution in [1.29, 1.82) is 0 Å². The van der Waals surface area contributed by atoms with Crippen molar-refractivity contribution in [3.8, 4) is 16.9 Å². The van der Waals surface area contributed by atoms with Crippen LogP contribution in [-0.4, -0.2) is 60.0 Å². The Balaban J connectivity index is 1.24. The summed E-state index contributed by atoms with van der Waals surface area (Å²) in [6.45, 7) is 3.24. The van der Waals surface area contributed by atoms with Crippen molar-refractivity contribution in [2.75, 3.05) is 30.3 Å². The highest BCUT2D eigenvalue weighted by atomic mass is 35.5. The standard InChI is InChI=1S/C34H37ClN4O6S/c1-24-30(35)12-6-14-32(24)45-18-7-15-33(40)39-17-3-2-10-29-28(11-5-13-31(29)39)27-21-37-38(23-27)22-25-8-4-9-26(20-25)34(41)36-16-19-46(42,43)44/h4-6,8-9,11-14,20-21,23H,2-3,7,10,15-19,22H2,1H3,(H,36,41)(H,42,43,44). The van der Waals surface area contributed by atoms with Gasteiger partial charge in [-0.25, -0.2) is 0 Å². The highest BCUT2D eigenvalue weighted by molar-refractivity contribution is 7.85. The molecule has 0 atom stereocenters. The second kappa shape index (κ2) is 14.9. The van der Waals surface area contributed by atoms with E-state index in [1.807, 2.05) is 60.6 Å². The second-order valence-corrected chi connectivity index (χ2v) is 13.3. The van der Waals surface area contributed by atoms with Crippen LogP contribution in [0.4, 0.5) is 5.69 Å². The lowest BCUT2D eigenvalue weighted by Gasteiger charge is -2.24. The first-order valence-electron chi connectivity index (χ1n) is 15.2. The van der Waals surface area contributed by atoms with Crippen LogP contribution in [0.3, 0.4) is 0 Å². The van der Waals surface area contributed by atoms with Gasteiger partial charge in [-0.3, -0.25) is 18.8 Å². The molecule has 4 aromatic rings. The normalized spacial score (nSPS) is 13.2. The summed E-state index contributed by atoms with van der Waals surface area (Å²) in [6.07, 6.45) is 7.48. The van der Waals surface area contributed by atoms with Crippen LogP contribution in [0, 0.1) is 6.92 Å². The molecule has 0 aliphatic carbocycles. The minimum atomic E-state index is -4.16. The number of rotatable bonds is 12. The molecule has 0 unspecified atom stereocenters. The molecule has 46 heavy (non-hydrogen) atoms. The SMILES string of the molecule is Cc1c(Cl)cccc1OCCCC(=O)N1CCCCc2c(-c3cnn(Cc4cccc(C(=O)NCCS(=O)(=O)O)c4)c3)cccc21. The summed E-state index contributed by atoms with van der Waals surface area (Å²) >= 11 is 6.20. The molecule has 12 heteroatoms. The van der Waals surface area contributed by atoms with E-state index in [9.17, 15) is 18.0 Å². The van der Waals surface area contributed by atoms with Gasteiger partial charge in [-0.05, 0) is 79.6 Å². The van der Waals surface area contributed by atoms with E-state index in [0.29, 0.717) is 43.1 Å². The number of aromatic nitrogens is 2. The maximum atomic E-state index is 13.4. The van der Waals surface area contributed by atoms with Crippen LogP contribution in [0.2, 0.25) is 5.02 Å². The Hall–Kier alpha value is -4.19. The van der Waals surface area contributed by atoms with E-state index in [4.69, 9.17) is 20.9 Å². The van der Waals surface area contributed by atoms with E-state index in [1.165, 1.54) is 0 Å². The van der Waals surface area contributed by atoms with E-state index >= 15 is 0 Å². The molecule has 2 N–H and O–H groups in total. The third kappa shape index (κ3) is 8.54. The first-order valence-corrected chi connectivity index (χ1v) is 17.2. The maximum Gasteiger partial charge on any atom is 0.266 e. The smallest absolute Gasteiger partial charge is 0.266 e. The molecule has 0 saturated heterocycles. The minimum Gasteiger partial charge on any atom is -0.493 e. The number of carbonyl (C=O) groups excluding carboxylic acids is 2. The predicted molar refractivity (Wildman–Crippen MR) is 178 cm³/mol. The molecule has 1 aliphatic heterocycles. The van der Waals surface area contributed by atoms with Crippen molar-refractivity contribution in [1.82, 2.24) is 15.1 Å². The van der Waals surface area contributed by atoms with E-state index < -0.39 is 21.8 Å². The fraction of sp³-hybridized carbons (Fsp3) is 0.324. The number of halogens is 1. The molecule has 0 spiro atoms. The number of ether oxygens (including phenoxy) is 1. The minimum absolute atomic E-state index is 0.0734. The van der Waals surface area contributed by atoms with Crippen molar-refractivity contribution in [3.63, 3.8) is 0 Å². The Morgan fingerprint density at radius 2 is 1.89 bits per heavy atom. The van der Waals surface area contributed by atoms with Gasteiger partial charge < -0.3 is 15.0 Å². The van der Waals surface area contributed by atoms with Crippen molar-refractivity contribution in [2.45, 2.75) is 45.6 Å². The number of nitrogens with zero attached hydrogens (tertiary/aromatic N) is 3. The topological polar surface area (TPSA) is 131 Å². The van der Waals surface area contributed by atoms with Gasteiger partial charge in [0.15, 0.2) is 0 Å². The third-order valence-electron chi connectivity index (χ3n) is 7.94. The van der Waals surface area contributed by atoms with Gasteiger partial charge in [0.05, 0.1) is 25.1 Å². The summed E-state index contributed by atoms with van der Waals surface area (Å²) in [6, 6.07) is 18.6. The quantitative estimate of drug-likeness (QED) is 0.147. The lowest BCUT2D eigenvalue weighted by atomic mass is 9.97. The number of fused-ring (bicyclic) bond motifs is 1. The summed E-state index contributed by atoms with van der Waals surface area (Å²) in [5, 5.41) is 7.73. The zero-order chi connectivity index (χ0) is 32.7. The van der Waals surface area contributed by atoms with Gasteiger partial charge in [0, 0.05) is 53.1 Å².